The summed E-state index contributed by atoms with van der Waals surface area (Å²) >= 11 is 1.20. The third-order valence-corrected chi connectivity index (χ3v) is 3.58. The minimum atomic E-state index is -1.02. The van der Waals surface area contributed by atoms with Crippen molar-refractivity contribution in [3.8, 4) is 11.8 Å². The van der Waals surface area contributed by atoms with Gasteiger partial charge in [0.05, 0.1) is 6.42 Å². The van der Waals surface area contributed by atoms with Gasteiger partial charge in [-0.2, -0.15) is 0 Å². The van der Waals surface area contributed by atoms with E-state index in [4.69, 9.17) is 5.11 Å². The summed E-state index contributed by atoms with van der Waals surface area (Å²) in [5, 5.41) is 27.6. The molecule has 7 heteroatoms. The SMILES string of the molecule is O=C(O)CC(Sc1cccnc1)n1c(O)ccc1O. The first-order valence-corrected chi connectivity index (χ1v) is 6.33. The van der Waals surface area contributed by atoms with Crippen molar-refractivity contribution in [1.29, 1.82) is 0 Å². The number of pyridine rings is 1. The van der Waals surface area contributed by atoms with E-state index in [0.717, 1.165) is 4.90 Å². The van der Waals surface area contributed by atoms with Crippen LogP contribution in [0.3, 0.4) is 0 Å². The molecular formula is C12H12N2O4S. The number of thioether (sulfide) groups is 1. The summed E-state index contributed by atoms with van der Waals surface area (Å²) < 4.78 is 1.17. The summed E-state index contributed by atoms with van der Waals surface area (Å²) in [5.41, 5.74) is 0. The molecule has 0 aliphatic heterocycles. The second-order valence-electron chi connectivity index (χ2n) is 3.78. The Kier molecular flexibility index (Phi) is 3.96. The molecule has 3 N–H and O–H groups in total. The van der Waals surface area contributed by atoms with Crippen LogP contribution in [-0.4, -0.2) is 30.8 Å². The lowest BCUT2D eigenvalue weighted by Crippen LogP contribution is -2.10. The normalized spacial score (nSPS) is 12.2. The Morgan fingerprint density at radius 2 is 2.00 bits per heavy atom. The van der Waals surface area contributed by atoms with E-state index in [0.29, 0.717) is 0 Å². The molecule has 1 unspecified atom stereocenters. The van der Waals surface area contributed by atoms with Crippen LogP contribution in [0.15, 0.2) is 41.6 Å². The number of nitrogens with zero attached hydrogens (tertiary/aromatic N) is 2. The maximum absolute atomic E-state index is 10.9. The van der Waals surface area contributed by atoms with Crippen LogP contribution in [0.1, 0.15) is 11.8 Å². The van der Waals surface area contributed by atoms with Crippen molar-refractivity contribution >= 4 is 17.7 Å². The summed E-state index contributed by atoms with van der Waals surface area (Å²) in [6.07, 6.45) is 2.97. The van der Waals surface area contributed by atoms with E-state index in [9.17, 15) is 15.0 Å². The Hall–Kier alpha value is -2.15. The highest BCUT2D eigenvalue weighted by atomic mass is 32.2. The molecule has 2 rings (SSSR count). The van der Waals surface area contributed by atoms with Gasteiger partial charge >= 0.3 is 5.97 Å². The van der Waals surface area contributed by atoms with Crippen LogP contribution < -0.4 is 0 Å². The van der Waals surface area contributed by atoms with Crippen molar-refractivity contribution < 1.29 is 20.1 Å². The maximum Gasteiger partial charge on any atom is 0.306 e. The summed E-state index contributed by atoms with van der Waals surface area (Å²) in [4.78, 5) is 15.6. The lowest BCUT2D eigenvalue weighted by Gasteiger charge is -2.18. The quantitative estimate of drug-likeness (QED) is 0.725. The average molecular weight is 280 g/mol. The molecule has 6 nitrogen and oxygen atoms in total. The zero-order valence-electron chi connectivity index (χ0n) is 9.80. The van der Waals surface area contributed by atoms with Crippen LogP contribution >= 0.6 is 11.8 Å². The van der Waals surface area contributed by atoms with Crippen LogP contribution in [0.25, 0.3) is 0 Å². The number of carboxylic acids is 1. The number of carboxylic acid groups (broad SMARTS) is 1. The van der Waals surface area contributed by atoms with Crippen LogP contribution in [0.5, 0.6) is 11.8 Å². The second kappa shape index (κ2) is 5.66. The lowest BCUT2D eigenvalue weighted by molar-refractivity contribution is -0.137. The number of rotatable bonds is 5. The maximum atomic E-state index is 10.9. The van der Waals surface area contributed by atoms with Crippen LogP contribution in [0.4, 0.5) is 0 Å². The van der Waals surface area contributed by atoms with Crippen molar-refractivity contribution in [2.24, 2.45) is 0 Å². The number of aromatic nitrogens is 2. The molecule has 19 heavy (non-hydrogen) atoms. The summed E-state index contributed by atoms with van der Waals surface area (Å²) in [6.45, 7) is 0. The minimum absolute atomic E-state index is 0.180. The van der Waals surface area contributed by atoms with E-state index in [-0.39, 0.29) is 18.2 Å². The van der Waals surface area contributed by atoms with E-state index in [1.54, 1.807) is 24.5 Å². The molecule has 2 aromatic rings. The van der Waals surface area contributed by atoms with E-state index in [2.05, 4.69) is 4.98 Å². The van der Waals surface area contributed by atoms with Gasteiger partial charge in [0.25, 0.3) is 0 Å². The van der Waals surface area contributed by atoms with Crippen molar-refractivity contribution in [1.82, 2.24) is 9.55 Å². The average Bonchev–Trinajstić information content (AvgIpc) is 2.69. The number of hydrogen-bond acceptors (Lipinski definition) is 5. The first-order chi connectivity index (χ1) is 9.08. The van der Waals surface area contributed by atoms with Gasteiger partial charge in [-0.15, -0.1) is 0 Å². The lowest BCUT2D eigenvalue weighted by atomic mass is 10.4. The molecule has 2 aromatic heterocycles. The fourth-order valence-electron chi connectivity index (χ4n) is 1.63. The van der Waals surface area contributed by atoms with Crippen LogP contribution in [0, 0.1) is 0 Å². The predicted molar refractivity (Wildman–Crippen MR) is 69.1 cm³/mol. The van der Waals surface area contributed by atoms with Gasteiger partial charge in [-0.3, -0.25) is 14.3 Å². The molecule has 1 atom stereocenters. The Morgan fingerprint density at radius 3 is 2.53 bits per heavy atom. The molecule has 0 radical (unpaired) electrons. The summed E-state index contributed by atoms with van der Waals surface area (Å²) in [6, 6.07) is 6.14. The number of carbonyl (C=O) groups is 1. The number of aromatic hydroxyl groups is 2. The van der Waals surface area contributed by atoms with Gasteiger partial charge in [0.15, 0.2) is 11.8 Å². The zero-order chi connectivity index (χ0) is 13.8. The molecule has 0 saturated carbocycles. The van der Waals surface area contributed by atoms with E-state index < -0.39 is 11.3 Å². The van der Waals surface area contributed by atoms with Crippen molar-refractivity contribution in [3.63, 3.8) is 0 Å². The largest absolute Gasteiger partial charge is 0.494 e. The van der Waals surface area contributed by atoms with Gasteiger partial charge in [-0.25, -0.2) is 0 Å². The van der Waals surface area contributed by atoms with Crippen LogP contribution in [0.2, 0.25) is 0 Å². The van der Waals surface area contributed by atoms with Gasteiger partial charge < -0.3 is 15.3 Å². The summed E-state index contributed by atoms with van der Waals surface area (Å²) in [7, 11) is 0. The molecule has 0 fully saturated rings. The number of aliphatic carboxylic acids is 1. The Labute approximate surface area is 113 Å². The molecule has 0 aliphatic rings. The molecule has 2 heterocycles. The topological polar surface area (TPSA) is 95.6 Å². The first kappa shape index (κ1) is 13.3. The minimum Gasteiger partial charge on any atom is -0.494 e. The zero-order valence-corrected chi connectivity index (χ0v) is 10.6. The molecule has 0 saturated heterocycles. The van der Waals surface area contributed by atoms with Crippen molar-refractivity contribution in [3.05, 3.63) is 36.7 Å². The van der Waals surface area contributed by atoms with Crippen molar-refractivity contribution in [2.75, 3.05) is 0 Å². The molecule has 0 aliphatic carbocycles. The smallest absolute Gasteiger partial charge is 0.306 e. The van der Waals surface area contributed by atoms with E-state index in [1.807, 2.05) is 0 Å². The Bertz CT molecular complexity index is 551. The van der Waals surface area contributed by atoms with Gasteiger partial charge in [0.2, 0.25) is 0 Å². The Balaban J connectivity index is 2.29. The fraction of sp³-hybridized carbons (Fsp3) is 0.167. The number of hydrogen-bond donors (Lipinski definition) is 3. The highest BCUT2D eigenvalue weighted by molar-refractivity contribution is 7.99. The first-order valence-electron chi connectivity index (χ1n) is 5.45. The Morgan fingerprint density at radius 1 is 1.32 bits per heavy atom. The third kappa shape index (κ3) is 3.19. The molecule has 0 amide bonds. The fourth-order valence-corrected chi connectivity index (χ4v) is 2.77. The van der Waals surface area contributed by atoms with Gasteiger partial charge in [-0.1, -0.05) is 11.8 Å². The predicted octanol–water partition coefficient (Wildman–Crippen LogP) is 2.06. The standard InChI is InChI=1S/C12H12N2O4S/c15-9-3-4-10(16)14(9)11(6-12(17)18)19-8-2-1-5-13-7-8/h1-5,7,11,15-16H,6H2,(H,17,18). The monoisotopic (exact) mass is 280 g/mol. The van der Waals surface area contributed by atoms with Gasteiger partial charge in [0.1, 0.15) is 5.37 Å². The summed E-state index contributed by atoms with van der Waals surface area (Å²) in [5.74, 6) is -1.38. The molecule has 100 valence electrons. The second-order valence-corrected chi connectivity index (χ2v) is 5.03. The highest BCUT2D eigenvalue weighted by Crippen LogP contribution is 2.39. The molecular weight excluding hydrogens is 268 g/mol. The van der Waals surface area contributed by atoms with Crippen molar-refractivity contribution in [2.45, 2.75) is 16.7 Å². The van der Waals surface area contributed by atoms with Gasteiger partial charge in [-0.05, 0) is 12.1 Å². The van der Waals surface area contributed by atoms with E-state index >= 15 is 0 Å². The van der Waals surface area contributed by atoms with Gasteiger partial charge in [0, 0.05) is 29.4 Å². The third-order valence-electron chi connectivity index (χ3n) is 2.42. The highest BCUT2D eigenvalue weighted by Gasteiger charge is 2.21. The molecule has 0 aromatic carbocycles. The van der Waals surface area contributed by atoms with Crippen LogP contribution in [-0.2, 0) is 4.79 Å². The molecule has 0 spiro atoms. The molecule has 0 bridgehead atoms. The van der Waals surface area contributed by atoms with E-state index in [1.165, 1.54) is 28.5 Å².